The number of carbonyl (C=O) groups excluding carboxylic acids is 3. The minimum atomic E-state index is -3.68. The van der Waals surface area contributed by atoms with Gasteiger partial charge in [0.2, 0.25) is 15.9 Å². The molecule has 0 radical (unpaired) electrons. The summed E-state index contributed by atoms with van der Waals surface area (Å²) in [4.78, 5) is 49.4. The Kier molecular flexibility index (Phi) is 7.26. The largest absolute Gasteiger partial charge is 0.325 e. The van der Waals surface area contributed by atoms with Crippen LogP contribution in [0.4, 0.5) is 16.2 Å². The summed E-state index contributed by atoms with van der Waals surface area (Å²) in [5.41, 5.74) is -1.02. The summed E-state index contributed by atoms with van der Waals surface area (Å²) in [5.74, 6) is -0.812. The molecule has 0 bridgehead atoms. The van der Waals surface area contributed by atoms with Gasteiger partial charge in [0.25, 0.3) is 11.6 Å². The molecule has 0 saturated carbocycles. The molecule has 2 aromatic rings. The van der Waals surface area contributed by atoms with Gasteiger partial charge in [-0.1, -0.05) is 13.8 Å². The number of imide groups is 1. The molecular formula is C25H29N5O7S. The van der Waals surface area contributed by atoms with Gasteiger partial charge in [0, 0.05) is 30.9 Å². The molecule has 38 heavy (non-hydrogen) atoms. The Morgan fingerprint density at radius 1 is 1.08 bits per heavy atom. The molecule has 0 spiro atoms. The van der Waals surface area contributed by atoms with Crippen LogP contribution in [0, 0.1) is 22.0 Å². The van der Waals surface area contributed by atoms with Crippen molar-refractivity contribution in [1.82, 2.24) is 14.5 Å². The maximum absolute atomic E-state index is 13.1. The molecule has 2 aliphatic rings. The lowest BCUT2D eigenvalue weighted by Gasteiger charge is -2.34. The number of piperidine rings is 1. The zero-order valence-electron chi connectivity index (χ0n) is 21.2. The molecule has 12 nitrogen and oxygen atoms in total. The van der Waals surface area contributed by atoms with E-state index < -0.39 is 44.9 Å². The van der Waals surface area contributed by atoms with Crippen LogP contribution in [0.15, 0.2) is 53.4 Å². The van der Waals surface area contributed by atoms with E-state index in [1.807, 2.05) is 13.8 Å². The molecule has 2 saturated heterocycles. The van der Waals surface area contributed by atoms with E-state index in [0.717, 1.165) is 11.3 Å². The first-order valence-electron chi connectivity index (χ1n) is 12.1. The Morgan fingerprint density at radius 3 is 2.21 bits per heavy atom. The van der Waals surface area contributed by atoms with Gasteiger partial charge < -0.3 is 10.6 Å². The maximum atomic E-state index is 13.1. The minimum absolute atomic E-state index is 0.116. The number of nitrogens with one attached hydrogen (secondary N) is 2. The average Bonchev–Trinajstić information content (AvgIpc) is 3.07. The second-order valence-corrected chi connectivity index (χ2v) is 12.0. The zero-order chi connectivity index (χ0) is 27.8. The monoisotopic (exact) mass is 543 g/mol. The van der Waals surface area contributed by atoms with Crippen molar-refractivity contribution >= 4 is 39.2 Å². The molecule has 2 fully saturated rings. The molecule has 4 amide bonds. The molecule has 2 heterocycles. The maximum Gasteiger partial charge on any atom is 0.325 e. The SMILES string of the molecule is C[C@@H]1C[C@H](C)CN(S(=O)(=O)c2ccc(NC(=O)CN3C(=O)N[C@](C)(c4ccc([N+](=O)[O-])cc4)C3=O)cc2)C1. The fourth-order valence-electron chi connectivity index (χ4n) is 4.96. The number of urea groups is 1. The molecule has 0 aliphatic carbocycles. The van der Waals surface area contributed by atoms with E-state index >= 15 is 0 Å². The smallest absolute Gasteiger partial charge is 0.325 e. The Labute approximate surface area is 220 Å². The van der Waals surface area contributed by atoms with Crippen LogP contribution in [0.25, 0.3) is 0 Å². The zero-order valence-corrected chi connectivity index (χ0v) is 22.0. The first-order chi connectivity index (χ1) is 17.8. The number of hydrogen-bond donors (Lipinski definition) is 2. The van der Waals surface area contributed by atoms with Crippen LogP contribution in [0.1, 0.15) is 32.8 Å². The standard InChI is InChI=1S/C25H29N5O7S/c1-16-12-17(2)14-28(13-16)38(36,37)21-10-6-19(7-11-21)26-22(31)15-29-23(32)25(3,27-24(29)33)18-4-8-20(9-5-18)30(34)35/h4-11,16-17H,12-15H2,1-3H3,(H,26,31)(H,27,33)/t16-,17+,25-/m1/s1. The highest BCUT2D eigenvalue weighted by Gasteiger charge is 2.49. The quantitative estimate of drug-likeness (QED) is 0.308. The Morgan fingerprint density at radius 2 is 1.66 bits per heavy atom. The van der Waals surface area contributed by atoms with Crippen LogP contribution in [-0.2, 0) is 25.2 Å². The normalized spacial score (nSPS) is 24.2. The number of hydrogen-bond acceptors (Lipinski definition) is 7. The number of nitro groups is 1. The lowest BCUT2D eigenvalue weighted by molar-refractivity contribution is -0.384. The van der Waals surface area contributed by atoms with Gasteiger partial charge in [-0.2, -0.15) is 4.31 Å². The first-order valence-corrected chi connectivity index (χ1v) is 13.5. The summed E-state index contributed by atoms with van der Waals surface area (Å²) in [6, 6.07) is 10.2. The van der Waals surface area contributed by atoms with Crippen molar-refractivity contribution in [2.24, 2.45) is 11.8 Å². The molecule has 2 aliphatic heterocycles. The number of sulfonamides is 1. The van der Waals surface area contributed by atoms with E-state index in [2.05, 4.69) is 10.6 Å². The lowest BCUT2D eigenvalue weighted by atomic mass is 9.92. The van der Waals surface area contributed by atoms with Gasteiger partial charge in [-0.25, -0.2) is 13.2 Å². The molecule has 13 heteroatoms. The third kappa shape index (κ3) is 5.24. The number of nitro benzene ring substituents is 1. The van der Waals surface area contributed by atoms with Gasteiger partial charge >= 0.3 is 6.03 Å². The van der Waals surface area contributed by atoms with Crippen LogP contribution >= 0.6 is 0 Å². The van der Waals surface area contributed by atoms with Gasteiger partial charge in [0.05, 0.1) is 9.82 Å². The summed E-state index contributed by atoms with van der Waals surface area (Å²) < 4.78 is 27.6. The van der Waals surface area contributed by atoms with E-state index in [1.165, 1.54) is 59.8 Å². The van der Waals surface area contributed by atoms with E-state index in [4.69, 9.17) is 0 Å². The van der Waals surface area contributed by atoms with Crippen LogP contribution in [0.5, 0.6) is 0 Å². The van der Waals surface area contributed by atoms with E-state index in [1.54, 1.807) is 0 Å². The average molecular weight is 544 g/mol. The van der Waals surface area contributed by atoms with Crippen LogP contribution in [0.3, 0.4) is 0 Å². The summed E-state index contributed by atoms with van der Waals surface area (Å²) in [7, 11) is -3.68. The van der Waals surface area contributed by atoms with Gasteiger partial charge in [-0.3, -0.25) is 24.6 Å². The van der Waals surface area contributed by atoms with Crippen molar-refractivity contribution in [3.63, 3.8) is 0 Å². The minimum Gasteiger partial charge on any atom is -0.325 e. The van der Waals surface area contributed by atoms with Crippen molar-refractivity contribution in [1.29, 1.82) is 0 Å². The summed E-state index contributed by atoms with van der Waals surface area (Å²) >= 11 is 0. The van der Waals surface area contributed by atoms with E-state index in [0.29, 0.717) is 24.3 Å². The number of benzene rings is 2. The number of carbonyl (C=O) groups is 3. The predicted molar refractivity (Wildman–Crippen MR) is 137 cm³/mol. The number of anilines is 1. The third-order valence-corrected chi connectivity index (χ3v) is 8.69. The molecule has 0 unspecified atom stereocenters. The second-order valence-electron chi connectivity index (χ2n) is 10.1. The van der Waals surface area contributed by atoms with E-state index in [9.17, 15) is 32.9 Å². The first kappa shape index (κ1) is 27.2. The van der Waals surface area contributed by atoms with Crippen molar-refractivity contribution in [3.8, 4) is 0 Å². The van der Waals surface area contributed by atoms with E-state index in [-0.39, 0.29) is 22.4 Å². The van der Waals surface area contributed by atoms with Gasteiger partial charge in [-0.15, -0.1) is 0 Å². The summed E-state index contributed by atoms with van der Waals surface area (Å²) in [5, 5.41) is 16.0. The number of non-ortho nitro benzene ring substituents is 1. The van der Waals surface area contributed by atoms with Gasteiger partial charge in [0.15, 0.2) is 0 Å². The number of rotatable bonds is 7. The summed E-state index contributed by atoms with van der Waals surface area (Å²) in [6.45, 7) is 5.84. The fraction of sp³-hybridized carbons (Fsp3) is 0.400. The number of nitrogens with zero attached hydrogens (tertiary/aromatic N) is 3. The third-order valence-electron chi connectivity index (χ3n) is 6.84. The molecule has 2 N–H and O–H groups in total. The number of amides is 4. The molecule has 0 aromatic heterocycles. The van der Waals surface area contributed by atoms with Crippen LogP contribution in [-0.4, -0.2) is 60.0 Å². The van der Waals surface area contributed by atoms with Crippen molar-refractivity contribution in [3.05, 3.63) is 64.2 Å². The van der Waals surface area contributed by atoms with Crippen LogP contribution < -0.4 is 10.6 Å². The highest BCUT2D eigenvalue weighted by molar-refractivity contribution is 7.89. The lowest BCUT2D eigenvalue weighted by Crippen LogP contribution is -2.42. The molecule has 3 atom stereocenters. The van der Waals surface area contributed by atoms with Crippen molar-refractivity contribution in [2.75, 3.05) is 25.0 Å². The highest BCUT2D eigenvalue weighted by Crippen LogP contribution is 2.30. The Hall–Kier alpha value is -3.84. The Bertz CT molecular complexity index is 1370. The predicted octanol–water partition coefficient (Wildman–Crippen LogP) is 2.67. The Balaban J connectivity index is 1.41. The highest BCUT2D eigenvalue weighted by atomic mass is 32.2. The molecule has 202 valence electrons. The molecule has 4 rings (SSSR count). The van der Waals surface area contributed by atoms with Crippen LogP contribution in [0.2, 0.25) is 0 Å². The van der Waals surface area contributed by atoms with Crippen molar-refractivity contribution < 1.29 is 27.7 Å². The second kappa shape index (κ2) is 10.1. The fourth-order valence-corrected chi connectivity index (χ4v) is 6.64. The topological polar surface area (TPSA) is 159 Å². The van der Waals surface area contributed by atoms with Gasteiger partial charge in [-0.05, 0) is 67.1 Å². The molecular weight excluding hydrogens is 514 g/mol. The summed E-state index contributed by atoms with van der Waals surface area (Å²) in [6.07, 6.45) is 0.974. The molecule has 2 aromatic carbocycles. The van der Waals surface area contributed by atoms with Crippen molar-refractivity contribution in [2.45, 2.75) is 37.6 Å². The van der Waals surface area contributed by atoms with Gasteiger partial charge in [0.1, 0.15) is 12.1 Å².